The summed E-state index contributed by atoms with van der Waals surface area (Å²) in [6.45, 7) is 0.755. The maximum Gasteiger partial charge on any atom is 0.306 e. The summed E-state index contributed by atoms with van der Waals surface area (Å²) < 4.78 is 13.1. The van der Waals surface area contributed by atoms with Crippen LogP contribution in [0.15, 0.2) is 36.4 Å². The number of hydrogen-bond acceptors (Lipinski definition) is 4. The SMILES string of the molecule is COC(=O)CC12CC1c1cc(OC)ccc1-c1c(C3CCCCC3)c3ccc(C=O)cc3n1C2. The van der Waals surface area contributed by atoms with E-state index in [9.17, 15) is 9.59 Å². The van der Waals surface area contributed by atoms with E-state index in [1.807, 2.05) is 12.1 Å². The molecule has 176 valence electrons. The minimum atomic E-state index is -0.174. The van der Waals surface area contributed by atoms with Crippen molar-refractivity contribution in [3.8, 4) is 17.0 Å². The number of hydrogen-bond donors (Lipinski definition) is 0. The van der Waals surface area contributed by atoms with Gasteiger partial charge in [-0.1, -0.05) is 31.4 Å². The molecule has 0 radical (unpaired) electrons. The molecule has 2 fully saturated rings. The molecule has 0 bridgehead atoms. The van der Waals surface area contributed by atoms with E-state index in [0.29, 0.717) is 23.8 Å². The predicted molar refractivity (Wildman–Crippen MR) is 132 cm³/mol. The van der Waals surface area contributed by atoms with Crippen molar-refractivity contribution in [1.29, 1.82) is 0 Å². The van der Waals surface area contributed by atoms with Gasteiger partial charge >= 0.3 is 5.97 Å². The van der Waals surface area contributed by atoms with Crippen LogP contribution in [0.3, 0.4) is 0 Å². The van der Waals surface area contributed by atoms with E-state index in [0.717, 1.165) is 30.5 Å². The number of benzene rings is 2. The van der Waals surface area contributed by atoms with Crippen molar-refractivity contribution >= 4 is 23.2 Å². The van der Waals surface area contributed by atoms with Gasteiger partial charge in [0.05, 0.1) is 26.3 Å². The molecule has 3 aliphatic rings. The zero-order valence-electron chi connectivity index (χ0n) is 19.9. The normalized spacial score (nSPS) is 23.4. The molecular weight excluding hydrogens is 426 g/mol. The van der Waals surface area contributed by atoms with Crippen molar-refractivity contribution < 1.29 is 19.1 Å². The zero-order valence-corrected chi connectivity index (χ0v) is 19.9. The van der Waals surface area contributed by atoms with Crippen LogP contribution in [0.4, 0.5) is 0 Å². The summed E-state index contributed by atoms with van der Waals surface area (Å²) in [5.74, 6) is 1.49. The van der Waals surface area contributed by atoms with Crippen LogP contribution in [0.5, 0.6) is 5.75 Å². The Kier molecular flexibility index (Phi) is 5.05. The molecule has 6 rings (SSSR count). The third kappa shape index (κ3) is 3.20. The van der Waals surface area contributed by atoms with Crippen LogP contribution in [0.2, 0.25) is 0 Å². The molecule has 2 atom stereocenters. The minimum Gasteiger partial charge on any atom is -0.497 e. The predicted octanol–water partition coefficient (Wildman–Crippen LogP) is 6.23. The fourth-order valence-electron chi connectivity index (χ4n) is 6.79. The highest BCUT2D eigenvalue weighted by molar-refractivity contribution is 5.96. The van der Waals surface area contributed by atoms with E-state index in [1.54, 1.807) is 7.11 Å². The Labute approximate surface area is 200 Å². The Balaban J connectivity index is 1.65. The number of rotatable bonds is 5. The van der Waals surface area contributed by atoms with E-state index >= 15 is 0 Å². The first-order valence-electron chi connectivity index (χ1n) is 12.4. The molecule has 5 nitrogen and oxygen atoms in total. The van der Waals surface area contributed by atoms with Gasteiger partial charge in [0.25, 0.3) is 0 Å². The summed E-state index contributed by atoms with van der Waals surface area (Å²) in [5.41, 5.74) is 6.85. The summed E-state index contributed by atoms with van der Waals surface area (Å²) in [4.78, 5) is 24.2. The van der Waals surface area contributed by atoms with Crippen molar-refractivity contribution in [2.24, 2.45) is 5.41 Å². The molecule has 34 heavy (non-hydrogen) atoms. The fraction of sp³-hybridized carbons (Fsp3) is 0.448. The maximum absolute atomic E-state index is 12.5. The van der Waals surface area contributed by atoms with E-state index in [1.165, 1.54) is 67.0 Å². The van der Waals surface area contributed by atoms with Gasteiger partial charge in [0, 0.05) is 34.0 Å². The third-order valence-electron chi connectivity index (χ3n) is 8.55. The number of carbonyl (C=O) groups is 2. The first-order valence-corrected chi connectivity index (χ1v) is 12.4. The second kappa shape index (κ2) is 8.00. The number of fused-ring (bicyclic) bond motifs is 7. The number of aldehydes is 1. The molecule has 1 aliphatic heterocycles. The Bertz CT molecular complexity index is 1300. The van der Waals surface area contributed by atoms with E-state index in [-0.39, 0.29) is 11.4 Å². The smallest absolute Gasteiger partial charge is 0.306 e. The van der Waals surface area contributed by atoms with Crippen molar-refractivity contribution in [2.75, 3.05) is 14.2 Å². The third-order valence-corrected chi connectivity index (χ3v) is 8.55. The monoisotopic (exact) mass is 457 g/mol. The van der Waals surface area contributed by atoms with Gasteiger partial charge in [-0.15, -0.1) is 0 Å². The molecule has 0 amide bonds. The van der Waals surface area contributed by atoms with Crippen LogP contribution in [-0.2, 0) is 16.1 Å². The molecule has 2 unspecified atom stereocenters. The number of methoxy groups -OCH3 is 2. The van der Waals surface area contributed by atoms with Gasteiger partial charge in [0.2, 0.25) is 0 Å². The average molecular weight is 458 g/mol. The lowest BCUT2D eigenvalue weighted by Crippen LogP contribution is -2.18. The highest BCUT2D eigenvalue weighted by atomic mass is 16.5. The average Bonchev–Trinajstić information content (AvgIpc) is 3.51. The minimum absolute atomic E-state index is 0.159. The number of ether oxygens (including phenoxy) is 2. The highest BCUT2D eigenvalue weighted by Crippen LogP contribution is 2.67. The second-order valence-corrected chi connectivity index (χ2v) is 10.4. The Morgan fingerprint density at radius 2 is 1.94 bits per heavy atom. The Morgan fingerprint density at radius 3 is 2.68 bits per heavy atom. The molecule has 1 aromatic heterocycles. The topological polar surface area (TPSA) is 57.5 Å². The number of aromatic nitrogens is 1. The molecule has 3 aromatic rings. The number of carbonyl (C=O) groups excluding carboxylic acids is 2. The van der Waals surface area contributed by atoms with E-state index < -0.39 is 0 Å². The van der Waals surface area contributed by atoms with Crippen LogP contribution in [-0.4, -0.2) is 31.0 Å². The second-order valence-electron chi connectivity index (χ2n) is 10.4. The molecule has 2 aromatic carbocycles. The molecule has 0 spiro atoms. The first kappa shape index (κ1) is 21.5. The Hall–Kier alpha value is -3.08. The van der Waals surface area contributed by atoms with Gasteiger partial charge in [-0.05, 0) is 66.5 Å². The standard InChI is InChI=1S/C29H31NO4/c1-33-20-9-11-21-23(13-20)24-14-29(24,15-26(32)34-2)17-30-25-12-18(16-31)8-10-22(25)27(28(21)30)19-6-4-3-5-7-19/h8-13,16,19,24H,3-7,14-15,17H2,1-2H3. The molecule has 0 saturated heterocycles. The lowest BCUT2D eigenvalue weighted by molar-refractivity contribution is -0.142. The van der Waals surface area contributed by atoms with Crippen molar-refractivity contribution in [1.82, 2.24) is 4.57 Å². The summed E-state index contributed by atoms with van der Waals surface area (Å²) in [6.07, 6.45) is 8.50. The number of esters is 1. The highest BCUT2D eigenvalue weighted by Gasteiger charge is 2.58. The van der Waals surface area contributed by atoms with Crippen LogP contribution >= 0.6 is 0 Å². The summed E-state index contributed by atoms with van der Waals surface area (Å²) in [7, 11) is 3.18. The molecule has 2 aliphatic carbocycles. The molecule has 5 heteroatoms. The Morgan fingerprint density at radius 1 is 1.12 bits per heavy atom. The van der Waals surface area contributed by atoms with Gasteiger partial charge in [0.15, 0.2) is 0 Å². The largest absolute Gasteiger partial charge is 0.497 e. The van der Waals surface area contributed by atoms with Gasteiger partial charge < -0.3 is 14.0 Å². The van der Waals surface area contributed by atoms with Crippen LogP contribution in [0, 0.1) is 5.41 Å². The van der Waals surface area contributed by atoms with Crippen molar-refractivity contribution in [3.63, 3.8) is 0 Å². The maximum atomic E-state index is 12.5. The molecular formula is C29H31NO4. The van der Waals surface area contributed by atoms with Gasteiger partial charge in [-0.3, -0.25) is 9.59 Å². The fourth-order valence-corrected chi connectivity index (χ4v) is 6.79. The van der Waals surface area contributed by atoms with Crippen LogP contribution in [0.25, 0.3) is 22.2 Å². The quantitative estimate of drug-likeness (QED) is 0.337. The van der Waals surface area contributed by atoms with Gasteiger partial charge in [-0.2, -0.15) is 0 Å². The lowest BCUT2D eigenvalue weighted by Gasteiger charge is -2.24. The van der Waals surface area contributed by atoms with E-state index in [4.69, 9.17) is 9.47 Å². The molecule has 0 N–H and O–H groups in total. The summed E-state index contributed by atoms with van der Waals surface area (Å²) in [5, 5.41) is 1.25. The lowest BCUT2D eigenvalue weighted by atomic mass is 9.81. The van der Waals surface area contributed by atoms with Gasteiger partial charge in [-0.25, -0.2) is 0 Å². The van der Waals surface area contributed by atoms with Crippen LogP contribution in [0.1, 0.15) is 78.3 Å². The van der Waals surface area contributed by atoms with Crippen molar-refractivity contribution in [3.05, 3.63) is 53.1 Å². The summed E-state index contributed by atoms with van der Waals surface area (Å²) >= 11 is 0. The molecule has 2 heterocycles. The van der Waals surface area contributed by atoms with Crippen molar-refractivity contribution in [2.45, 2.75) is 63.3 Å². The number of nitrogens with zero attached hydrogens (tertiary/aromatic N) is 1. The zero-order chi connectivity index (χ0) is 23.4. The first-order chi connectivity index (χ1) is 16.6. The van der Waals surface area contributed by atoms with E-state index in [2.05, 4.69) is 28.8 Å². The summed E-state index contributed by atoms with van der Waals surface area (Å²) in [6, 6.07) is 12.6. The molecule has 2 saturated carbocycles. The van der Waals surface area contributed by atoms with Gasteiger partial charge in [0.1, 0.15) is 12.0 Å². The van der Waals surface area contributed by atoms with Crippen LogP contribution < -0.4 is 4.74 Å².